The van der Waals surface area contributed by atoms with Crippen molar-refractivity contribution in [3.05, 3.63) is 12.7 Å². The van der Waals surface area contributed by atoms with Gasteiger partial charge in [-0.05, 0) is 25.3 Å². The lowest BCUT2D eigenvalue weighted by Crippen LogP contribution is -2.45. The van der Waals surface area contributed by atoms with Crippen molar-refractivity contribution in [2.24, 2.45) is 0 Å². The Kier molecular flexibility index (Phi) is 17.7. The summed E-state index contributed by atoms with van der Waals surface area (Å²) >= 11 is 0. The Labute approximate surface area is 176 Å². The van der Waals surface area contributed by atoms with Crippen LogP contribution in [-0.4, -0.2) is 44.1 Å². The number of carbonyl (C=O) groups excluding carboxylic acids is 1. The van der Waals surface area contributed by atoms with Gasteiger partial charge in [-0.1, -0.05) is 90.6 Å². The molecule has 0 aromatic carbocycles. The fourth-order valence-corrected chi connectivity index (χ4v) is 3.94. The lowest BCUT2D eigenvalue weighted by molar-refractivity contribution is -0.896. The van der Waals surface area contributed by atoms with Crippen molar-refractivity contribution < 1.29 is 9.28 Å². The molecule has 1 amide bonds. The summed E-state index contributed by atoms with van der Waals surface area (Å²) < 4.78 is 1.02. The van der Waals surface area contributed by atoms with Crippen LogP contribution < -0.4 is 5.32 Å². The fourth-order valence-electron chi connectivity index (χ4n) is 3.94. The molecule has 0 spiro atoms. The molecule has 0 saturated carbocycles. The molecule has 0 aromatic rings. The van der Waals surface area contributed by atoms with Gasteiger partial charge in [0, 0.05) is 13.0 Å². The summed E-state index contributed by atoms with van der Waals surface area (Å²) in [5.74, 6) is -0.0571. The number of nitrogens with zero attached hydrogens (tertiary/aromatic N) is 1. The van der Waals surface area contributed by atoms with Gasteiger partial charge in [-0.15, -0.1) is 0 Å². The second kappa shape index (κ2) is 18.2. The van der Waals surface area contributed by atoms with Gasteiger partial charge >= 0.3 is 0 Å². The van der Waals surface area contributed by atoms with E-state index < -0.39 is 0 Å². The Bertz CT molecular complexity index is 373. The van der Waals surface area contributed by atoms with Gasteiger partial charge in [0.05, 0.1) is 27.2 Å². The summed E-state index contributed by atoms with van der Waals surface area (Å²) in [4.78, 5) is 11.2. The maximum Gasteiger partial charge on any atom is 0.243 e. The van der Waals surface area contributed by atoms with E-state index in [1.54, 1.807) is 0 Å². The third-order valence-corrected chi connectivity index (χ3v) is 5.94. The van der Waals surface area contributed by atoms with Crippen LogP contribution in [0.4, 0.5) is 0 Å². The van der Waals surface area contributed by atoms with E-state index in [1.807, 2.05) is 0 Å². The van der Waals surface area contributed by atoms with E-state index in [1.165, 1.54) is 102 Å². The topological polar surface area (TPSA) is 29.1 Å². The number of amides is 1. The minimum atomic E-state index is -0.0571. The van der Waals surface area contributed by atoms with Gasteiger partial charge in [-0.2, -0.15) is 0 Å². The molecule has 3 nitrogen and oxygen atoms in total. The van der Waals surface area contributed by atoms with Crippen LogP contribution in [0, 0.1) is 0 Å². The first kappa shape index (κ1) is 27.2. The Morgan fingerprint density at radius 1 is 0.786 bits per heavy atom. The predicted octanol–water partition coefficient (Wildman–Crippen LogP) is 6.62. The molecule has 3 heteroatoms. The summed E-state index contributed by atoms with van der Waals surface area (Å²) in [5, 5.41) is 2.89. The highest BCUT2D eigenvalue weighted by molar-refractivity contribution is 5.86. The highest BCUT2D eigenvalue weighted by atomic mass is 16.1. The van der Waals surface area contributed by atoms with Crippen molar-refractivity contribution in [1.82, 2.24) is 5.32 Å². The summed E-state index contributed by atoms with van der Waals surface area (Å²) in [5.41, 5.74) is 0. The molecular weight excluding hydrogens is 344 g/mol. The Morgan fingerprint density at radius 3 is 1.64 bits per heavy atom. The van der Waals surface area contributed by atoms with Crippen LogP contribution >= 0.6 is 0 Å². The molecule has 1 unspecified atom stereocenters. The monoisotopic (exact) mass is 395 g/mol. The van der Waals surface area contributed by atoms with E-state index in [2.05, 4.69) is 40.0 Å². The molecule has 0 heterocycles. The molecule has 0 rings (SSSR count). The van der Waals surface area contributed by atoms with Crippen LogP contribution in [0.15, 0.2) is 12.7 Å². The van der Waals surface area contributed by atoms with E-state index >= 15 is 0 Å². The smallest absolute Gasteiger partial charge is 0.243 e. The van der Waals surface area contributed by atoms with Gasteiger partial charge in [0.25, 0.3) is 0 Å². The molecule has 0 aromatic heterocycles. The van der Waals surface area contributed by atoms with Crippen molar-refractivity contribution in [3.8, 4) is 0 Å². The van der Waals surface area contributed by atoms with Crippen molar-refractivity contribution in [2.75, 3.05) is 27.7 Å². The summed E-state index contributed by atoms with van der Waals surface area (Å²) in [7, 11) is 6.90. The number of unbranched alkanes of at least 4 members (excludes halogenated alkanes) is 12. The van der Waals surface area contributed by atoms with Crippen LogP contribution in [0.25, 0.3) is 0 Å². The number of quaternary nitrogens is 1. The number of nitrogens with one attached hydrogen (secondary N) is 1. The number of carbonyl (C=O) groups is 1. The summed E-state index contributed by atoms with van der Waals surface area (Å²) in [6.45, 7) is 6.55. The van der Waals surface area contributed by atoms with E-state index in [0.717, 1.165) is 17.4 Å². The van der Waals surface area contributed by atoms with Crippen molar-refractivity contribution >= 4 is 5.91 Å². The van der Waals surface area contributed by atoms with Gasteiger partial charge in [-0.25, -0.2) is 0 Å². The summed E-state index contributed by atoms with van der Waals surface area (Å²) in [6, 6.07) is 0.688. The third kappa shape index (κ3) is 17.3. The van der Waals surface area contributed by atoms with Crippen LogP contribution in [-0.2, 0) is 4.79 Å². The average molecular weight is 396 g/mol. The molecular formula is C25H51N2O+. The van der Waals surface area contributed by atoms with Crippen molar-refractivity contribution in [2.45, 2.75) is 116 Å². The first-order valence-electron chi connectivity index (χ1n) is 12.1. The first-order valence-corrected chi connectivity index (χ1v) is 12.1. The second-order valence-corrected chi connectivity index (χ2v) is 9.44. The van der Waals surface area contributed by atoms with Gasteiger partial charge in [0.1, 0.15) is 0 Å². The van der Waals surface area contributed by atoms with Gasteiger partial charge < -0.3 is 9.80 Å². The minimum Gasteiger partial charge on any atom is -0.353 e. The van der Waals surface area contributed by atoms with E-state index in [-0.39, 0.29) is 5.91 Å². The van der Waals surface area contributed by atoms with Crippen LogP contribution in [0.1, 0.15) is 110 Å². The zero-order valence-electron chi connectivity index (χ0n) is 19.7. The average Bonchev–Trinajstić information content (AvgIpc) is 2.65. The number of hydrogen-bond donors (Lipinski definition) is 1. The standard InChI is InChI=1S/C25H50N2O/c1-6-8-9-10-11-12-13-14-15-16-17-18-19-21-24(27(3,4)5)22-20-23-26-25(28)7-2/h7,24H,2,6,8-23H2,1,3-5H3/p+1. The van der Waals surface area contributed by atoms with Crippen molar-refractivity contribution in [1.29, 1.82) is 0 Å². The normalized spacial score (nSPS) is 12.7. The molecule has 0 bridgehead atoms. The Balaban J connectivity index is 3.61. The SMILES string of the molecule is C=CC(=O)NCCCC(CCCCCCCCCCCCCCC)[N+](C)(C)C. The Morgan fingerprint density at radius 2 is 1.21 bits per heavy atom. The van der Waals surface area contributed by atoms with Gasteiger partial charge in [0.15, 0.2) is 0 Å². The lowest BCUT2D eigenvalue weighted by Gasteiger charge is -2.34. The van der Waals surface area contributed by atoms with E-state index in [4.69, 9.17) is 0 Å². The van der Waals surface area contributed by atoms with E-state index in [9.17, 15) is 4.79 Å². The maximum atomic E-state index is 11.2. The minimum absolute atomic E-state index is 0.0571. The van der Waals surface area contributed by atoms with Crippen LogP contribution in [0.3, 0.4) is 0 Å². The fraction of sp³-hybridized carbons (Fsp3) is 0.880. The summed E-state index contributed by atoms with van der Waals surface area (Å²) in [6.07, 6.45) is 23.3. The molecule has 0 fully saturated rings. The zero-order valence-corrected chi connectivity index (χ0v) is 19.7. The van der Waals surface area contributed by atoms with Gasteiger partial charge in [-0.3, -0.25) is 4.79 Å². The third-order valence-electron chi connectivity index (χ3n) is 5.94. The predicted molar refractivity (Wildman–Crippen MR) is 125 cm³/mol. The molecule has 0 radical (unpaired) electrons. The molecule has 1 atom stereocenters. The molecule has 1 N–H and O–H groups in total. The van der Waals surface area contributed by atoms with Crippen LogP contribution in [0.2, 0.25) is 0 Å². The molecule has 166 valence electrons. The number of hydrogen-bond acceptors (Lipinski definition) is 1. The first-order chi connectivity index (χ1) is 13.4. The maximum absolute atomic E-state index is 11.2. The lowest BCUT2D eigenvalue weighted by atomic mass is 9.99. The molecule has 0 aliphatic rings. The second-order valence-electron chi connectivity index (χ2n) is 9.44. The molecule has 28 heavy (non-hydrogen) atoms. The zero-order chi connectivity index (χ0) is 21.1. The largest absolute Gasteiger partial charge is 0.353 e. The molecule has 0 aliphatic heterocycles. The molecule has 0 aliphatic carbocycles. The Hall–Kier alpha value is -0.830. The van der Waals surface area contributed by atoms with E-state index in [0.29, 0.717) is 6.04 Å². The highest BCUT2D eigenvalue weighted by Crippen LogP contribution is 2.19. The number of rotatable bonds is 20. The van der Waals surface area contributed by atoms with Gasteiger partial charge in [0.2, 0.25) is 5.91 Å². The molecule has 0 saturated heterocycles. The van der Waals surface area contributed by atoms with Crippen molar-refractivity contribution in [3.63, 3.8) is 0 Å². The highest BCUT2D eigenvalue weighted by Gasteiger charge is 2.22. The quantitative estimate of drug-likeness (QED) is 0.140. The van der Waals surface area contributed by atoms with Crippen LogP contribution in [0.5, 0.6) is 0 Å².